The molecule has 1 aliphatic carbocycles. The maximum absolute atomic E-state index is 3.60. The maximum Gasteiger partial charge on any atom is 0.0184 e. The number of hydrogen-bond donors (Lipinski definition) is 1. The highest BCUT2D eigenvalue weighted by Crippen LogP contribution is 2.24. The second kappa shape index (κ2) is 12.8. The lowest BCUT2D eigenvalue weighted by Gasteiger charge is -2.27. The zero-order valence-electron chi connectivity index (χ0n) is 15.5. The Morgan fingerprint density at radius 1 is 1.04 bits per heavy atom. The molecule has 2 nitrogen and oxygen atoms in total. The van der Waals surface area contributed by atoms with Gasteiger partial charge in [0.25, 0.3) is 0 Å². The molecule has 0 atom stereocenters. The standard InChI is InChI=1S/C21H36N2S/c1-23(18-20-10-4-2-5-11-20)16-8-14-22-15-9-17-24-19-21-12-6-3-7-13-21/h3,6-7,12-13,20,22H,2,4-5,8-11,14-19H2,1H3. The van der Waals surface area contributed by atoms with E-state index in [1.54, 1.807) is 0 Å². The molecule has 0 heterocycles. The average Bonchev–Trinajstić information content (AvgIpc) is 2.62. The summed E-state index contributed by atoms with van der Waals surface area (Å²) >= 11 is 2.05. The Morgan fingerprint density at radius 3 is 2.58 bits per heavy atom. The van der Waals surface area contributed by atoms with Gasteiger partial charge in [0.2, 0.25) is 0 Å². The van der Waals surface area contributed by atoms with Crippen molar-refractivity contribution in [3.05, 3.63) is 35.9 Å². The molecule has 24 heavy (non-hydrogen) atoms. The van der Waals surface area contributed by atoms with E-state index in [2.05, 4.69) is 47.6 Å². The molecule has 1 fully saturated rings. The van der Waals surface area contributed by atoms with E-state index in [-0.39, 0.29) is 0 Å². The van der Waals surface area contributed by atoms with Crippen molar-refractivity contribution in [1.82, 2.24) is 10.2 Å². The van der Waals surface area contributed by atoms with Crippen LogP contribution < -0.4 is 5.32 Å². The van der Waals surface area contributed by atoms with Gasteiger partial charge < -0.3 is 10.2 Å². The van der Waals surface area contributed by atoms with Gasteiger partial charge in [-0.25, -0.2) is 0 Å². The summed E-state index contributed by atoms with van der Waals surface area (Å²) in [6.07, 6.45) is 9.86. The molecular weight excluding hydrogens is 312 g/mol. The molecule has 0 amide bonds. The van der Waals surface area contributed by atoms with Gasteiger partial charge in [-0.05, 0) is 69.6 Å². The van der Waals surface area contributed by atoms with Crippen molar-refractivity contribution in [1.29, 1.82) is 0 Å². The summed E-state index contributed by atoms with van der Waals surface area (Å²) in [7, 11) is 2.30. The zero-order valence-corrected chi connectivity index (χ0v) is 16.3. The Kier molecular flexibility index (Phi) is 10.6. The Labute approximate surface area is 153 Å². The van der Waals surface area contributed by atoms with Gasteiger partial charge in [0.1, 0.15) is 0 Å². The number of nitrogens with one attached hydrogen (secondary N) is 1. The van der Waals surface area contributed by atoms with Crippen molar-refractivity contribution in [3.8, 4) is 0 Å². The van der Waals surface area contributed by atoms with E-state index in [1.807, 2.05) is 11.8 Å². The predicted molar refractivity (Wildman–Crippen MR) is 109 cm³/mol. The fourth-order valence-corrected chi connectivity index (χ4v) is 4.49. The summed E-state index contributed by atoms with van der Waals surface area (Å²) in [5.41, 5.74) is 1.44. The van der Waals surface area contributed by atoms with Gasteiger partial charge >= 0.3 is 0 Å². The summed E-state index contributed by atoms with van der Waals surface area (Å²) in [5.74, 6) is 3.37. The fraction of sp³-hybridized carbons (Fsp3) is 0.714. The molecule has 1 aromatic carbocycles. The lowest BCUT2D eigenvalue weighted by Crippen LogP contribution is -2.30. The van der Waals surface area contributed by atoms with E-state index in [4.69, 9.17) is 0 Å². The van der Waals surface area contributed by atoms with Gasteiger partial charge in [-0.15, -0.1) is 0 Å². The van der Waals surface area contributed by atoms with Crippen LogP contribution in [0.5, 0.6) is 0 Å². The smallest absolute Gasteiger partial charge is 0.0184 e. The van der Waals surface area contributed by atoms with E-state index in [0.717, 1.165) is 18.2 Å². The SMILES string of the molecule is CN(CCCNCCCSCc1ccccc1)CC1CCCCC1. The van der Waals surface area contributed by atoms with Crippen molar-refractivity contribution >= 4 is 11.8 Å². The molecule has 0 radical (unpaired) electrons. The van der Waals surface area contributed by atoms with Crippen LogP contribution in [0, 0.1) is 5.92 Å². The summed E-state index contributed by atoms with van der Waals surface area (Å²) in [5, 5.41) is 3.60. The number of benzene rings is 1. The number of thioether (sulfide) groups is 1. The third kappa shape index (κ3) is 9.10. The first-order valence-corrected chi connectivity index (χ1v) is 11.0. The van der Waals surface area contributed by atoms with E-state index >= 15 is 0 Å². The molecule has 3 heteroatoms. The molecule has 2 rings (SSSR count). The predicted octanol–water partition coefficient (Wildman–Crippen LogP) is 4.80. The molecule has 0 bridgehead atoms. The monoisotopic (exact) mass is 348 g/mol. The highest BCUT2D eigenvalue weighted by Gasteiger charge is 2.14. The molecule has 1 N–H and O–H groups in total. The summed E-state index contributed by atoms with van der Waals surface area (Å²) in [4.78, 5) is 2.55. The lowest BCUT2D eigenvalue weighted by molar-refractivity contribution is 0.231. The van der Waals surface area contributed by atoms with Crippen LogP contribution in [0.2, 0.25) is 0 Å². The number of hydrogen-bond acceptors (Lipinski definition) is 3. The second-order valence-electron chi connectivity index (χ2n) is 7.26. The van der Waals surface area contributed by atoms with Crippen LogP contribution in [0.3, 0.4) is 0 Å². The van der Waals surface area contributed by atoms with Gasteiger partial charge in [0, 0.05) is 12.3 Å². The van der Waals surface area contributed by atoms with Crippen molar-refractivity contribution in [2.75, 3.05) is 39.0 Å². The highest BCUT2D eigenvalue weighted by molar-refractivity contribution is 7.98. The van der Waals surface area contributed by atoms with Crippen molar-refractivity contribution < 1.29 is 0 Å². The Bertz CT molecular complexity index is 404. The molecule has 0 aromatic heterocycles. The first-order valence-electron chi connectivity index (χ1n) is 9.85. The molecule has 136 valence electrons. The van der Waals surface area contributed by atoms with Crippen LogP contribution in [0.15, 0.2) is 30.3 Å². The van der Waals surface area contributed by atoms with Crippen LogP contribution in [0.1, 0.15) is 50.5 Å². The van der Waals surface area contributed by atoms with Crippen molar-refractivity contribution in [2.45, 2.75) is 50.7 Å². The van der Waals surface area contributed by atoms with Crippen LogP contribution in [0.4, 0.5) is 0 Å². The van der Waals surface area contributed by atoms with Crippen LogP contribution in [-0.4, -0.2) is 43.9 Å². The highest BCUT2D eigenvalue weighted by atomic mass is 32.2. The van der Waals surface area contributed by atoms with Gasteiger partial charge in [0.05, 0.1) is 0 Å². The molecule has 0 aliphatic heterocycles. The van der Waals surface area contributed by atoms with E-state index < -0.39 is 0 Å². The Hall–Kier alpha value is -0.510. The third-order valence-corrected chi connectivity index (χ3v) is 6.06. The van der Waals surface area contributed by atoms with Crippen LogP contribution in [0.25, 0.3) is 0 Å². The van der Waals surface area contributed by atoms with Gasteiger partial charge in [-0.3, -0.25) is 0 Å². The zero-order chi connectivity index (χ0) is 16.9. The van der Waals surface area contributed by atoms with E-state index in [1.165, 1.54) is 75.9 Å². The number of rotatable bonds is 12. The summed E-state index contributed by atoms with van der Waals surface area (Å²) < 4.78 is 0. The lowest BCUT2D eigenvalue weighted by atomic mass is 9.89. The molecule has 1 saturated carbocycles. The van der Waals surface area contributed by atoms with E-state index in [0.29, 0.717) is 0 Å². The third-order valence-electron chi connectivity index (χ3n) is 4.94. The molecule has 0 spiro atoms. The van der Waals surface area contributed by atoms with Gasteiger partial charge in [0.15, 0.2) is 0 Å². The topological polar surface area (TPSA) is 15.3 Å². The normalized spacial score (nSPS) is 15.9. The first-order chi connectivity index (χ1) is 11.8. The number of nitrogens with zero attached hydrogens (tertiary/aromatic N) is 1. The van der Waals surface area contributed by atoms with Crippen LogP contribution >= 0.6 is 11.8 Å². The Morgan fingerprint density at radius 2 is 1.79 bits per heavy atom. The Balaban J connectivity index is 1.36. The fourth-order valence-electron chi connectivity index (χ4n) is 3.56. The van der Waals surface area contributed by atoms with Crippen molar-refractivity contribution in [3.63, 3.8) is 0 Å². The molecule has 1 aromatic rings. The average molecular weight is 349 g/mol. The minimum absolute atomic E-state index is 0.971. The largest absolute Gasteiger partial charge is 0.317 e. The summed E-state index contributed by atoms with van der Waals surface area (Å²) in [6, 6.07) is 10.8. The minimum Gasteiger partial charge on any atom is -0.317 e. The molecule has 1 aliphatic rings. The quantitative estimate of drug-likeness (QED) is 0.546. The van der Waals surface area contributed by atoms with Gasteiger partial charge in [-0.1, -0.05) is 49.6 Å². The second-order valence-corrected chi connectivity index (χ2v) is 8.37. The molecule has 0 unspecified atom stereocenters. The summed E-state index contributed by atoms with van der Waals surface area (Å²) in [6.45, 7) is 4.88. The minimum atomic E-state index is 0.971. The van der Waals surface area contributed by atoms with E-state index in [9.17, 15) is 0 Å². The maximum atomic E-state index is 3.60. The molecule has 0 saturated heterocycles. The van der Waals surface area contributed by atoms with Gasteiger partial charge in [-0.2, -0.15) is 11.8 Å². The van der Waals surface area contributed by atoms with Crippen LogP contribution in [-0.2, 0) is 5.75 Å². The first kappa shape index (κ1) is 19.8. The molecular formula is C21H36N2S. The van der Waals surface area contributed by atoms with Crippen molar-refractivity contribution in [2.24, 2.45) is 5.92 Å².